The second-order valence-electron chi connectivity index (χ2n) is 16.0. The van der Waals surface area contributed by atoms with Crippen LogP contribution in [0.25, 0.3) is 0 Å². The lowest BCUT2D eigenvalue weighted by molar-refractivity contribution is -0.150. The molecule has 0 aromatic heterocycles. The monoisotopic (exact) mass is 694 g/mol. The summed E-state index contributed by atoms with van der Waals surface area (Å²) < 4.78 is 11.6. The zero-order valence-corrected chi connectivity index (χ0v) is 34.0. The van der Waals surface area contributed by atoms with E-state index >= 15 is 0 Å². The fourth-order valence-corrected chi connectivity index (χ4v) is 6.66. The van der Waals surface area contributed by atoms with Gasteiger partial charge in [-0.1, -0.05) is 169 Å². The highest BCUT2D eigenvalue weighted by Gasteiger charge is 2.20. The van der Waals surface area contributed by atoms with Crippen molar-refractivity contribution in [3.05, 3.63) is 0 Å². The fraction of sp³-hybridized carbons (Fsp3) is 0.955. The second kappa shape index (κ2) is 36.7. The molecule has 0 fully saturated rings. The molecule has 0 bridgehead atoms. The Morgan fingerprint density at radius 3 is 1.37 bits per heavy atom. The van der Waals surface area contributed by atoms with E-state index in [0.717, 1.165) is 58.0 Å². The lowest BCUT2D eigenvalue weighted by Gasteiger charge is -2.24. The third kappa shape index (κ3) is 36.5. The Morgan fingerprint density at radius 2 is 0.878 bits per heavy atom. The van der Waals surface area contributed by atoms with Crippen LogP contribution in [0.3, 0.4) is 0 Å². The van der Waals surface area contributed by atoms with Gasteiger partial charge in [0.05, 0.1) is 6.61 Å². The summed E-state index contributed by atoms with van der Waals surface area (Å²) >= 11 is 0. The molecule has 1 N–H and O–H groups in total. The molecule has 0 unspecified atom stereocenters. The van der Waals surface area contributed by atoms with E-state index in [9.17, 15) is 9.59 Å². The maximum Gasteiger partial charge on any atom is 0.306 e. The van der Waals surface area contributed by atoms with Crippen molar-refractivity contribution < 1.29 is 19.1 Å². The number of hydrogen-bond donors (Lipinski definition) is 1. The normalized spacial score (nSPS) is 11.8. The average molecular weight is 694 g/mol. The van der Waals surface area contributed by atoms with Gasteiger partial charge >= 0.3 is 11.9 Å². The summed E-state index contributed by atoms with van der Waals surface area (Å²) in [4.78, 5) is 24.8. The molecular formula is C44H87NO4. The number of esters is 2. The predicted octanol–water partition coefficient (Wildman–Crippen LogP) is 13.6. The van der Waals surface area contributed by atoms with Crippen LogP contribution in [0.4, 0.5) is 0 Å². The smallest absolute Gasteiger partial charge is 0.306 e. The van der Waals surface area contributed by atoms with E-state index in [1.807, 2.05) is 0 Å². The van der Waals surface area contributed by atoms with Gasteiger partial charge in [0.25, 0.3) is 0 Å². The molecule has 5 nitrogen and oxygen atoms in total. The van der Waals surface area contributed by atoms with Crippen molar-refractivity contribution in [1.29, 1.82) is 0 Å². The molecule has 49 heavy (non-hydrogen) atoms. The second-order valence-corrected chi connectivity index (χ2v) is 16.0. The van der Waals surface area contributed by atoms with Crippen LogP contribution in [0.15, 0.2) is 0 Å². The minimum absolute atomic E-state index is 0.0188. The van der Waals surface area contributed by atoms with Crippen molar-refractivity contribution in [3.8, 4) is 0 Å². The molecule has 0 aliphatic rings. The van der Waals surface area contributed by atoms with Crippen molar-refractivity contribution >= 4 is 11.9 Å². The lowest BCUT2D eigenvalue weighted by atomic mass is 9.88. The first kappa shape index (κ1) is 47.9. The summed E-state index contributed by atoms with van der Waals surface area (Å²) in [6.45, 7) is 13.9. The Bertz CT molecular complexity index is 693. The number of hydrogen-bond acceptors (Lipinski definition) is 5. The summed E-state index contributed by atoms with van der Waals surface area (Å²) in [5.74, 6) is 0.0153. The fourth-order valence-electron chi connectivity index (χ4n) is 6.66. The van der Waals surface area contributed by atoms with E-state index in [1.54, 1.807) is 0 Å². The topological polar surface area (TPSA) is 64.6 Å². The third-order valence-corrected chi connectivity index (χ3v) is 10.1. The Hall–Kier alpha value is -1.10. The van der Waals surface area contributed by atoms with Gasteiger partial charge in [0.15, 0.2) is 0 Å². The third-order valence-electron chi connectivity index (χ3n) is 10.1. The largest absolute Gasteiger partial charge is 0.465 e. The first-order chi connectivity index (χ1) is 23.8. The molecule has 0 atom stereocenters. The van der Waals surface area contributed by atoms with Crippen LogP contribution in [0, 0.1) is 5.41 Å². The van der Waals surface area contributed by atoms with E-state index in [4.69, 9.17) is 9.47 Å². The molecule has 0 saturated carbocycles. The van der Waals surface area contributed by atoms with Gasteiger partial charge in [0.2, 0.25) is 0 Å². The summed E-state index contributed by atoms with van der Waals surface area (Å²) in [5.41, 5.74) is 0.0583. The van der Waals surface area contributed by atoms with Crippen LogP contribution in [0.2, 0.25) is 0 Å². The Morgan fingerprint density at radius 1 is 0.490 bits per heavy atom. The molecule has 0 amide bonds. The number of rotatable bonds is 39. The van der Waals surface area contributed by atoms with Crippen LogP contribution in [-0.2, 0) is 19.1 Å². The molecular weight excluding hydrogens is 606 g/mol. The van der Waals surface area contributed by atoms with E-state index < -0.39 is 0 Å². The Labute approximate surface area is 307 Å². The zero-order chi connectivity index (χ0) is 36.1. The van der Waals surface area contributed by atoms with Gasteiger partial charge in [-0.05, 0) is 76.3 Å². The first-order valence-corrected chi connectivity index (χ1v) is 21.9. The van der Waals surface area contributed by atoms with Crippen molar-refractivity contribution in [3.63, 3.8) is 0 Å². The molecule has 0 heterocycles. The molecule has 292 valence electrons. The van der Waals surface area contributed by atoms with E-state index in [0.29, 0.717) is 19.4 Å². The van der Waals surface area contributed by atoms with Crippen LogP contribution in [0.5, 0.6) is 0 Å². The van der Waals surface area contributed by atoms with Crippen LogP contribution >= 0.6 is 0 Å². The summed E-state index contributed by atoms with van der Waals surface area (Å²) in [5, 5.41) is 3.61. The van der Waals surface area contributed by atoms with Gasteiger partial charge in [0.1, 0.15) is 6.10 Å². The lowest BCUT2D eigenvalue weighted by Crippen LogP contribution is -2.22. The predicted molar refractivity (Wildman–Crippen MR) is 212 cm³/mol. The van der Waals surface area contributed by atoms with Crippen LogP contribution < -0.4 is 5.32 Å². The quantitative estimate of drug-likeness (QED) is 0.0513. The summed E-state index contributed by atoms with van der Waals surface area (Å²) in [6.07, 6.45) is 37.9. The standard InChI is InChI=1S/C44H87NO4/c1-6-9-12-15-18-22-28-35-42(46)48-40-44(4,5)37-30-25-32-39-45-38-31-24-19-23-29-36-43(47)49-41(33-26-20-16-13-10-7-2)34-27-21-17-14-11-8-3/h41,45H,6-40H2,1-5H3. The molecule has 0 aromatic carbocycles. The molecule has 0 aromatic rings. The maximum absolute atomic E-state index is 12.6. The summed E-state index contributed by atoms with van der Waals surface area (Å²) in [6, 6.07) is 0. The maximum atomic E-state index is 12.6. The van der Waals surface area contributed by atoms with Gasteiger partial charge in [-0.15, -0.1) is 0 Å². The number of carbonyl (C=O) groups excluding carboxylic acids is 2. The van der Waals surface area contributed by atoms with Crippen molar-refractivity contribution in [2.45, 2.75) is 246 Å². The first-order valence-electron chi connectivity index (χ1n) is 21.9. The van der Waals surface area contributed by atoms with Gasteiger partial charge in [0, 0.05) is 12.8 Å². The van der Waals surface area contributed by atoms with Gasteiger partial charge < -0.3 is 14.8 Å². The van der Waals surface area contributed by atoms with Gasteiger partial charge in [-0.25, -0.2) is 0 Å². The van der Waals surface area contributed by atoms with Crippen molar-refractivity contribution in [2.24, 2.45) is 5.41 Å². The molecule has 0 spiro atoms. The highest BCUT2D eigenvalue weighted by atomic mass is 16.5. The molecule has 0 aliphatic carbocycles. The van der Waals surface area contributed by atoms with Crippen molar-refractivity contribution in [1.82, 2.24) is 5.32 Å². The van der Waals surface area contributed by atoms with Crippen LogP contribution in [-0.4, -0.2) is 37.7 Å². The minimum atomic E-state index is -0.0188. The van der Waals surface area contributed by atoms with E-state index in [2.05, 4.69) is 39.9 Å². The highest BCUT2D eigenvalue weighted by molar-refractivity contribution is 5.69. The van der Waals surface area contributed by atoms with Crippen LogP contribution in [0.1, 0.15) is 240 Å². The van der Waals surface area contributed by atoms with E-state index in [-0.39, 0.29) is 23.5 Å². The van der Waals surface area contributed by atoms with E-state index in [1.165, 1.54) is 148 Å². The molecule has 5 heteroatoms. The highest BCUT2D eigenvalue weighted by Crippen LogP contribution is 2.24. The van der Waals surface area contributed by atoms with Gasteiger partial charge in [-0.2, -0.15) is 0 Å². The zero-order valence-electron chi connectivity index (χ0n) is 34.0. The molecule has 0 radical (unpaired) electrons. The summed E-state index contributed by atoms with van der Waals surface area (Å²) in [7, 11) is 0. The van der Waals surface area contributed by atoms with Crippen molar-refractivity contribution in [2.75, 3.05) is 19.7 Å². The number of nitrogens with one attached hydrogen (secondary N) is 1. The molecule has 0 saturated heterocycles. The number of ether oxygens (including phenoxy) is 2. The Kier molecular flexibility index (Phi) is 35.9. The Balaban J connectivity index is 3.79. The minimum Gasteiger partial charge on any atom is -0.465 e. The number of unbranched alkanes of at least 4 members (excludes halogenated alkanes) is 22. The average Bonchev–Trinajstić information content (AvgIpc) is 3.08. The van der Waals surface area contributed by atoms with Gasteiger partial charge in [-0.3, -0.25) is 9.59 Å². The SMILES string of the molecule is CCCCCCCCCC(=O)OCC(C)(C)CCCCCNCCCCCCCC(=O)OC(CCCCCCCC)CCCCCCCC. The molecule has 0 aliphatic heterocycles. The number of carbonyl (C=O) groups is 2. The molecule has 0 rings (SSSR count).